The first-order valence-electron chi connectivity index (χ1n) is 5.96. The van der Waals surface area contributed by atoms with Gasteiger partial charge in [0.2, 0.25) is 0 Å². The van der Waals surface area contributed by atoms with Crippen molar-refractivity contribution in [3.63, 3.8) is 0 Å². The lowest BCUT2D eigenvalue weighted by Gasteiger charge is -2.12. The molecule has 0 atom stereocenters. The minimum absolute atomic E-state index is 0.273. The van der Waals surface area contributed by atoms with Crippen LogP contribution in [0.15, 0.2) is 40.9 Å². The molecule has 110 valence electrons. The van der Waals surface area contributed by atoms with E-state index in [4.69, 9.17) is 27.9 Å². The lowest BCUT2D eigenvalue weighted by molar-refractivity contribution is 0.0600. The normalized spacial score (nSPS) is 10.3. The Balaban J connectivity index is 2.21. The van der Waals surface area contributed by atoms with E-state index in [1.165, 1.54) is 13.2 Å². The van der Waals surface area contributed by atoms with Crippen LogP contribution in [-0.2, 0) is 11.3 Å². The third-order valence-electron chi connectivity index (χ3n) is 2.75. The number of carbonyl (C=O) groups is 1. The summed E-state index contributed by atoms with van der Waals surface area (Å²) in [6.45, 7) is 0.273. The van der Waals surface area contributed by atoms with Gasteiger partial charge in [-0.1, -0.05) is 41.4 Å². The van der Waals surface area contributed by atoms with Crippen LogP contribution >= 0.6 is 39.1 Å². The first kappa shape index (κ1) is 16.1. The van der Waals surface area contributed by atoms with Crippen LogP contribution in [0, 0.1) is 0 Å². The van der Waals surface area contributed by atoms with Crippen LogP contribution in [0.5, 0.6) is 5.75 Å². The summed E-state index contributed by atoms with van der Waals surface area (Å²) in [5, 5.41) is 0.938. The predicted molar refractivity (Wildman–Crippen MR) is 86.3 cm³/mol. The zero-order chi connectivity index (χ0) is 15.4. The highest BCUT2D eigenvalue weighted by atomic mass is 79.9. The number of halogens is 3. The molecule has 2 rings (SSSR count). The molecular formula is C15H11BrCl2O3. The summed E-state index contributed by atoms with van der Waals surface area (Å²) in [7, 11) is 1.31. The van der Waals surface area contributed by atoms with Gasteiger partial charge in [-0.15, -0.1) is 0 Å². The molecule has 21 heavy (non-hydrogen) atoms. The van der Waals surface area contributed by atoms with Gasteiger partial charge in [0.15, 0.2) is 5.75 Å². The first-order valence-corrected chi connectivity index (χ1v) is 7.51. The van der Waals surface area contributed by atoms with Gasteiger partial charge in [-0.25, -0.2) is 4.79 Å². The summed E-state index contributed by atoms with van der Waals surface area (Å²) in [4.78, 5) is 11.5. The molecule has 0 aliphatic rings. The van der Waals surface area contributed by atoms with E-state index < -0.39 is 5.97 Å². The molecule has 0 saturated carbocycles. The monoisotopic (exact) mass is 388 g/mol. The van der Waals surface area contributed by atoms with Crippen LogP contribution in [0.25, 0.3) is 0 Å². The second-order valence-corrected chi connectivity index (χ2v) is 5.81. The number of rotatable bonds is 4. The number of carbonyl (C=O) groups excluding carboxylic acids is 1. The fraction of sp³-hybridized carbons (Fsp3) is 0.133. The van der Waals surface area contributed by atoms with Gasteiger partial charge >= 0.3 is 5.97 Å². The van der Waals surface area contributed by atoms with Crippen molar-refractivity contribution in [2.45, 2.75) is 6.61 Å². The molecule has 0 spiro atoms. The molecule has 0 saturated heterocycles. The van der Waals surface area contributed by atoms with Crippen LogP contribution in [-0.4, -0.2) is 13.1 Å². The number of ether oxygens (including phenoxy) is 2. The number of esters is 1. The SMILES string of the molecule is COC(=O)c1cc(Cl)c(OCc2ccccc2Cl)c(Br)c1. The van der Waals surface area contributed by atoms with E-state index in [1.54, 1.807) is 12.1 Å². The standard InChI is InChI=1S/C15H11BrCl2O3/c1-20-15(19)10-6-11(16)14(13(18)7-10)21-8-9-4-2-3-5-12(9)17/h2-7H,8H2,1H3. The first-order chi connectivity index (χ1) is 10.0. The van der Waals surface area contributed by atoms with Gasteiger partial charge in [0, 0.05) is 10.6 Å². The smallest absolute Gasteiger partial charge is 0.337 e. The Morgan fingerprint density at radius 1 is 1.19 bits per heavy atom. The zero-order valence-electron chi connectivity index (χ0n) is 11.0. The molecule has 0 heterocycles. The highest BCUT2D eigenvalue weighted by Gasteiger charge is 2.14. The van der Waals surface area contributed by atoms with Crippen molar-refractivity contribution in [3.05, 3.63) is 62.0 Å². The molecule has 0 aromatic heterocycles. The van der Waals surface area contributed by atoms with Gasteiger partial charge in [0.25, 0.3) is 0 Å². The molecule has 6 heteroatoms. The van der Waals surface area contributed by atoms with E-state index in [2.05, 4.69) is 20.7 Å². The van der Waals surface area contributed by atoms with Crippen LogP contribution in [0.4, 0.5) is 0 Å². The molecule has 3 nitrogen and oxygen atoms in total. The molecule has 0 aliphatic heterocycles. The summed E-state index contributed by atoms with van der Waals surface area (Å²) in [6, 6.07) is 10.5. The summed E-state index contributed by atoms with van der Waals surface area (Å²) >= 11 is 15.6. The maximum atomic E-state index is 11.5. The maximum absolute atomic E-state index is 11.5. The molecule has 0 N–H and O–H groups in total. The van der Waals surface area contributed by atoms with Crippen LogP contribution in [0.2, 0.25) is 10.0 Å². The van der Waals surface area contributed by atoms with Crippen molar-refractivity contribution >= 4 is 45.1 Å². The number of benzene rings is 2. The van der Waals surface area contributed by atoms with Crippen molar-refractivity contribution in [1.29, 1.82) is 0 Å². The summed E-state index contributed by atoms with van der Waals surface area (Å²) in [6.07, 6.45) is 0. The Hall–Kier alpha value is -1.23. The van der Waals surface area contributed by atoms with Crippen molar-refractivity contribution in [2.75, 3.05) is 7.11 Å². The van der Waals surface area contributed by atoms with Crippen LogP contribution in [0.3, 0.4) is 0 Å². The second kappa shape index (κ2) is 7.16. The summed E-state index contributed by atoms with van der Waals surface area (Å²) in [5.41, 5.74) is 1.19. The molecule has 0 aliphatic carbocycles. The van der Waals surface area contributed by atoms with Crippen molar-refractivity contribution in [1.82, 2.24) is 0 Å². The molecule has 0 amide bonds. The van der Waals surface area contributed by atoms with Crippen LogP contribution in [0.1, 0.15) is 15.9 Å². The van der Waals surface area contributed by atoms with E-state index in [0.717, 1.165) is 5.56 Å². The number of hydrogen-bond acceptors (Lipinski definition) is 3. The van der Waals surface area contributed by atoms with E-state index >= 15 is 0 Å². The molecule has 2 aromatic carbocycles. The predicted octanol–water partition coefficient (Wildman–Crippen LogP) is 5.12. The average molecular weight is 390 g/mol. The number of hydrogen-bond donors (Lipinski definition) is 0. The van der Waals surface area contributed by atoms with E-state index in [9.17, 15) is 4.79 Å². The van der Waals surface area contributed by atoms with E-state index in [1.807, 2.05) is 18.2 Å². The third-order valence-corrected chi connectivity index (χ3v) is 3.99. The minimum atomic E-state index is -0.463. The quantitative estimate of drug-likeness (QED) is 0.680. The highest BCUT2D eigenvalue weighted by molar-refractivity contribution is 9.10. The average Bonchev–Trinajstić information content (AvgIpc) is 2.47. The highest BCUT2D eigenvalue weighted by Crippen LogP contribution is 2.35. The van der Waals surface area contributed by atoms with Gasteiger partial charge in [0.05, 0.1) is 22.2 Å². The Morgan fingerprint density at radius 3 is 2.52 bits per heavy atom. The van der Waals surface area contributed by atoms with Crippen molar-refractivity contribution < 1.29 is 14.3 Å². The van der Waals surface area contributed by atoms with Gasteiger partial charge < -0.3 is 9.47 Å². The van der Waals surface area contributed by atoms with Crippen molar-refractivity contribution in [2.24, 2.45) is 0 Å². The Kier molecular flexibility index (Phi) is 5.51. The molecule has 2 aromatic rings. The molecule has 0 fully saturated rings. The molecule has 0 radical (unpaired) electrons. The van der Waals surface area contributed by atoms with Crippen molar-refractivity contribution in [3.8, 4) is 5.75 Å². The Morgan fingerprint density at radius 2 is 1.90 bits per heavy atom. The fourth-order valence-corrected chi connectivity index (χ4v) is 2.85. The van der Waals surface area contributed by atoms with Gasteiger partial charge in [0.1, 0.15) is 6.61 Å². The lowest BCUT2D eigenvalue weighted by Crippen LogP contribution is -2.03. The lowest BCUT2D eigenvalue weighted by atomic mass is 10.2. The molecule has 0 bridgehead atoms. The molecule has 0 unspecified atom stereocenters. The Labute approximate surface area is 140 Å². The van der Waals surface area contributed by atoms with E-state index in [-0.39, 0.29) is 6.61 Å². The summed E-state index contributed by atoms with van der Waals surface area (Å²) in [5.74, 6) is -0.0144. The van der Waals surface area contributed by atoms with Gasteiger partial charge in [-0.2, -0.15) is 0 Å². The van der Waals surface area contributed by atoms with Gasteiger partial charge in [-0.05, 0) is 34.1 Å². The van der Waals surface area contributed by atoms with Gasteiger partial charge in [-0.3, -0.25) is 0 Å². The second-order valence-electron chi connectivity index (χ2n) is 4.14. The van der Waals surface area contributed by atoms with E-state index in [0.29, 0.717) is 25.8 Å². The zero-order valence-corrected chi connectivity index (χ0v) is 14.1. The largest absolute Gasteiger partial charge is 0.486 e. The Bertz CT molecular complexity index is 651. The van der Waals surface area contributed by atoms with Crippen LogP contribution < -0.4 is 4.74 Å². The maximum Gasteiger partial charge on any atom is 0.337 e. The number of methoxy groups -OCH3 is 1. The minimum Gasteiger partial charge on any atom is -0.486 e. The molecular weight excluding hydrogens is 379 g/mol. The topological polar surface area (TPSA) is 35.5 Å². The third kappa shape index (κ3) is 3.90. The fourth-order valence-electron chi connectivity index (χ4n) is 1.70. The summed E-state index contributed by atoms with van der Waals surface area (Å²) < 4.78 is 10.9.